The maximum atomic E-state index is 11.0. The molecule has 0 radical (unpaired) electrons. The number of benzene rings is 1. The van der Waals surface area contributed by atoms with Gasteiger partial charge in [-0.3, -0.25) is 4.79 Å². The lowest BCUT2D eigenvalue weighted by Crippen LogP contribution is -2.43. The van der Waals surface area contributed by atoms with Crippen LogP contribution in [0.1, 0.15) is 11.1 Å². The van der Waals surface area contributed by atoms with Crippen LogP contribution in [0.2, 0.25) is 0 Å². The Balaban J connectivity index is 2.70. The molecular formula is C12H18N2O2. The lowest BCUT2D eigenvalue weighted by molar-refractivity contribution is -0.120. The Bertz CT molecular complexity index is 357. The van der Waals surface area contributed by atoms with Gasteiger partial charge in [-0.05, 0) is 32.0 Å². The number of carbonyl (C=O) groups excluding carboxylic acids is 1. The van der Waals surface area contributed by atoms with Gasteiger partial charge in [0.05, 0.1) is 0 Å². The standard InChI is InChI=1S/C12H18N2O2/c1-8-5-4-6-9(2)11(8)16-7-10(14-3)12(13)15/h4-6,10,14H,7H2,1-3H3,(H2,13,15). The first-order chi connectivity index (χ1) is 7.56. The van der Waals surface area contributed by atoms with Gasteiger partial charge in [0.25, 0.3) is 0 Å². The molecule has 88 valence electrons. The first-order valence-corrected chi connectivity index (χ1v) is 5.22. The van der Waals surface area contributed by atoms with E-state index in [2.05, 4.69) is 5.32 Å². The first kappa shape index (κ1) is 12.5. The maximum Gasteiger partial charge on any atom is 0.238 e. The molecule has 0 saturated heterocycles. The summed E-state index contributed by atoms with van der Waals surface area (Å²) in [5.41, 5.74) is 7.32. The third kappa shape index (κ3) is 2.97. The zero-order chi connectivity index (χ0) is 12.1. The summed E-state index contributed by atoms with van der Waals surface area (Å²) in [5.74, 6) is 0.415. The van der Waals surface area contributed by atoms with E-state index in [4.69, 9.17) is 10.5 Å². The third-order valence-corrected chi connectivity index (χ3v) is 2.50. The normalized spacial score (nSPS) is 12.2. The smallest absolute Gasteiger partial charge is 0.238 e. The second kappa shape index (κ2) is 5.51. The highest BCUT2D eigenvalue weighted by Gasteiger charge is 2.14. The quantitative estimate of drug-likeness (QED) is 0.773. The van der Waals surface area contributed by atoms with Crippen LogP contribution in [-0.4, -0.2) is 25.6 Å². The minimum absolute atomic E-state index is 0.248. The molecule has 4 nitrogen and oxygen atoms in total. The molecule has 0 aliphatic carbocycles. The molecule has 1 aromatic rings. The highest BCUT2D eigenvalue weighted by molar-refractivity contribution is 5.80. The number of para-hydroxylation sites is 1. The Morgan fingerprint density at radius 1 is 1.44 bits per heavy atom. The molecule has 4 heteroatoms. The Hall–Kier alpha value is -1.55. The average molecular weight is 222 g/mol. The van der Waals surface area contributed by atoms with E-state index >= 15 is 0 Å². The molecule has 0 fully saturated rings. The minimum atomic E-state index is -0.459. The van der Waals surface area contributed by atoms with Crippen LogP contribution in [0.4, 0.5) is 0 Å². The fourth-order valence-corrected chi connectivity index (χ4v) is 1.50. The Morgan fingerprint density at radius 3 is 2.44 bits per heavy atom. The molecule has 0 aromatic heterocycles. The fourth-order valence-electron chi connectivity index (χ4n) is 1.50. The average Bonchev–Trinajstić information content (AvgIpc) is 2.22. The van der Waals surface area contributed by atoms with Crippen LogP contribution in [0.5, 0.6) is 5.75 Å². The molecule has 16 heavy (non-hydrogen) atoms. The van der Waals surface area contributed by atoms with E-state index in [1.165, 1.54) is 0 Å². The number of hydrogen-bond acceptors (Lipinski definition) is 3. The van der Waals surface area contributed by atoms with Crippen molar-refractivity contribution in [2.45, 2.75) is 19.9 Å². The van der Waals surface area contributed by atoms with Crippen molar-refractivity contribution in [3.63, 3.8) is 0 Å². The molecule has 1 atom stereocenters. The third-order valence-electron chi connectivity index (χ3n) is 2.50. The fraction of sp³-hybridized carbons (Fsp3) is 0.417. The molecule has 1 aromatic carbocycles. The molecule has 0 saturated carbocycles. The number of rotatable bonds is 5. The Labute approximate surface area is 95.8 Å². The van der Waals surface area contributed by atoms with Crippen molar-refractivity contribution in [2.75, 3.05) is 13.7 Å². The van der Waals surface area contributed by atoms with Crippen molar-refractivity contribution in [1.29, 1.82) is 0 Å². The zero-order valence-electron chi connectivity index (χ0n) is 9.91. The van der Waals surface area contributed by atoms with Crippen molar-refractivity contribution in [2.24, 2.45) is 5.73 Å². The van der Waals surface area contributed by atoms with Crippen LogP contribution in [0.3, 0.4) is 0 Å². The van der Waals surface area contributed by atoms with Crippen molar-refractivity contribution in [1.82, 2.24) is 5.32 Å². The summed E-state index contributed by atoms with van der Waals surface area (Å²) >= 11 is 0. The van der Waals surface area contributed by atoms with Crippen LogP contribution in [-0.2, 0) is 4.79 Å². The van der Waals surface area contributed by atoms with Gasteiger partial charge < -0.3 is 15.8 Å². The van der Waals surface area contributed by atoms with Gasteiger partial charge in [0.15, 0.2) is 0 Å². The van der Waals surface area contributed by atoms with Crippen LogP contribution >= 0.6 is 0 Å². The maximum absolute atomic E-state index is 11.0. The van der Waals surface area contributed by atoms with Crippen LogP contribution in [0.15, 0.2) is 18.2 Å². The zero-order valence-corrected chi connectivity index (χ0v) is 9.91. The largest absolute Gasteiger partial charge is 0.491 e. The SMILES string of the molecule is CNC(COc1c(C)cccc1C)C(N)=O. The molecule has 3 N–H and O–H groups in total. The van der Waals surface area contributed by atoms with E-state index in [9.17, 15) is 4.79 Å². The summed E-state index contributed by atoms with van der Waals surface area (Å²) in [6, 6.07) is 5.46. The number of nitrogens with two attached hydrogens (primary N) is 1. The molecule has 0 bridgehead atoms. The summed E-state index contributed by atoms with van der Waals surface area (Å²) in [4.78, 5) is 11.0. The summed E-state index contributed by atoms with van der Waals surface area (Å²) in [6.45, 7) is 4.19. The van der Waals surface area contributed by atoms with Crippen molar-refractivity contribution in [3.8, 4) is 5.75 Å². The summed E-state index contributed by atoms with van der Waals surface area (Å²) in [6.07, 6.45) is 0. The van der Waals surface area contributed by atoms with Gasteiger partial charge in [0, 0.05) is 0 Å². The predicted molar refractivity (Wildman–Crippen MR) is 63.5 cm³/mol. The van der Waals surface area contributed by atoms with Gasteiger partial charge in [0.1, 0.15) is 18.4 Å². The van der Waals surface area contributed by atoms with Gasteiger partial charge in [-0.15, -0.1) is 0 Å². The van der Waals surface area contributed by atoms with Crippen molar-refractivity contribution < 1.29 is 9.53 Å². The van der Waals surface area contributed by atoms with E-state index < -0.39 is 11.9 Å². The number of amides is 1. The minimum Gasteiger partial charge on any atom is -0.491 e. The monoisotopic (exact) mass is 222 g/mol. The predicted octanol–water partition coefficient (Wildman–Crippen LogP) is 0.756. The van der Waals surface area contributed by atoms with E-state index in [1.54, 1.807) is 7.05 Å². The highest BCUT2D eigenvalue weighted by Crippen LogP contribution is 2.22. The van der Waals surface area contributed by atoms with Crippen molar-refractivity contribution >= 4 is 5.91 Å². The van der Waals surface area contributed by atoms with Gasteiger partial charge >= 0.3 is 0 Å². The summed E-state index contributed by atoms with van der Waals surface area (Å²) < 4.78 is 5.62. The number of nitrogens with one attached hydrogen (secondary N) is 1. The molecule has 0 aliphatic heterocycles. The Morgan fingerprint density at radius 2 is 2.00 bits per heavy atom. The summed E-state index contributed by atoms with van der Waals surface area (Å²) in [5, 5.41) is 2.81. The number of aryl methyl sites for hydroxylation is 2. The lowest BCUT2D eigenvalue weighted by Gasteiger charge is -2.16. The van der Waals surface area contributed by atoms with Gasteiger partial charge in [-0.25, -0.2) is 0 Å². The molecule has 1 amide bonds. The van der Waals surface area contributed by atoms with E-state index in [0.29, 0.717) is 0 Å². The summed E-state index contributed by atoms with van der Waals surface area (Å²) in [7, 11) is 1.68. The van der Waals surface area contributed by atoms with Gasteiger partial charge in [0.2, 0.25) is 5.91 Å². The lowest BCUT2D eigenvalue weighted by atomic mass is 10.1. The molecule has 0 aliphatic rings. The molecule has 0 spiro atoms. The molecular weight excluding hydrogens is 204 g/mol. The van der Waals surface area contributed by atoms with E-state index in [-0.39, 0.29) is 6.61 Å². The molecule has 1 unspecified atom stereocenters. The van der Waals surface area contributed by atoms with Crippen LogP contribution in [0, 0.1) is 13.8 Å². The number of likely N-dealkylation sites (N-methyl/N-ethyl adjacent to an activating group) is 1. The number of carbonyl (C=O) groups is 1. The second-order valence-electron chi connectivity index (χ2n) is 3.78. The highest BCUT2D eigenvalue weighted by atomic mass is 16.5. The Kier molecular flexibility index (Phi) is 4.31. The van der Waals surface area contributed by atoms with Gasteiger partial charge in [-0.1, -0.05) is 18.2 Å². The van der Waals surface area contributed by atoms with Crippen LogP contribution in [0.25, 0.3) is 0 Å². The topological polar surface area (TPSA) is 64.3 Å². The second-order valence-corrected chi connectivity index (χ2v) is 3.78. The van der Waals surface area contributed by atoms with E-state index in [1.807, 2.05) is 32.0 Å². The number of ether oxygens (including phenoxy) is 1. The first-order valence-electron chi connectivity index (χ1n) is 5.22. The number of primary amides is 1. The number of hydrogen-bond donors (Lipinski definition) is 2. The van der Waals surface area contributed by atoms with Crippen molar-refractivity contribution in [3.05, 3.63) is 29.3 Å². The van der Waals surface area contributed by atoms with E-state index in [0.717, 1.165) is 16.9 Å². The molecule has 1 rings (SSSR count). The van der Waals surface area contributed by atoms with Gasteiger partial charge in [-0.2, -0.15) is 0 Å². The molecule has 0 heterocycles. The van der Waals surface area contributed by atoms with Crippen LogP contribution < -0.4 is 15.8 Å².